The molecular formula is C14H12N4O3S. The number of anilines is 1. The molecule has 8 heteroatoms. The highest BCUT2D eigenvalue weighted by Crippen LogP contribution is 2.14. The Bertz CT molecular complexity index is 899. The van der Waals surface area contributed by atoms with Crippen LogP contribution in [0.2, 0.25) is 0 Å². The van der Waals surface area contributed by atoms with E-state index in [2.05, 4.69) is 15.3 Å². The first-order chi connectivity index (χ1) is 10.6. The maximum Gasteiger partial charge on any atom is 0.271 e. The van der Waals surface area contributed by atoms with E-state index in [-0.39, 0.29) is 5.56 Å². The second-order valence-corrected chi connectivity index (χ2v) is 5.73. The Morgan fingerprint density at radius 3 is 2.82 bits per heavy atom. The average molecular weight is 316 g/mol. The Morgan fingerprint density at radius 2 is 2.14 bits per heavy atom. The third kappa shape index (κ3) is 2.56. The van der Waals surface area contributed by atoms with Gasteiger partial charge in [0, 0.05) is 23.3 Å². The first kappa shape index (κ1) is 14.2. The Morgan fingerprint density at radius 1 is 1.32 bits per heavy atom. The monoisotopic (exact) mass is 316 g/mol. The quantitative estimate of drug-likeness (QED) is 0.795. The first-order valence-electron chi connectivity index (χ1n) is 6.37. The van der Waals surface area contributed by atoms with E-state index in [9.17, 15) is 9.59 Å². The molecule has 0 aliphatic rings. The van der Waals surface area contributed by atoms with Crippen LogP contribution in [-0.2, 0) is 0 Å². The molecule has 0 saturated carbocycles. The number of ether oxygens (including phenoxy) is 1. The molecular weight excluding hydrogens is 304 g/mol. The summed E-state index contributed by atoms with van der Waals surface area (Å²) in [6.45, 7) is 1.88. The van der Waals surface area contributed by atoms with Gasteiger partial charge in [0.25, 0.3) is 11.5 Å². The molecule has 1 N–H and O–H groups in total. The van der Waals surface area contributed by atoms with Gasteiger partial charge in [0.15, 0.2) is 4.96 Å². The number of thiazole rings is 1. The first-order valence-corrected chi connectivity index (χ1v) is 7.19. The number of hydrogen-bond acceptors (Lipinski definition) is 6. The van der Waals surface area contributed by atoms with E-state index in [1.54, 1.807) is 18.3 Å². The Kier molecular flexibility index (Phi) is 3.60. The van der Waals surface area contributed by atoms with Gasteiger partial charge in [0.2, 0.25) is 5.88 Å². The highest BCUT2D eigenvalue weighted by Gasteiger charge is 2.14. The van der Waals surface area contributed by atoms with Gasteiger partial charge in [-0.3, -0.25) is 14.0 Å². The largest absolute Gasteiger partial charge is 0.481 e. The number of carbonyl (C=O) groups is 1. The van der Waals surface area contributed by atoms with Gasteiger partial charge in [-0.1, -0.05) is 0 Å². The van der Waals surface area contributed by atoms with Gasteiger partial charge in [0.1, 0.15) is 5.56 Å². The van der Waals surface area contributed by atoms with Crippen molar-refractivity contribution in [1.29, 1.82) is 0 Å². The molecule has 0 fully saturated rings. The number of fused-ring (bicyclic) bond motifs is 1. The van der Waals surface area contributed by atoms with E-state index in [1.165, 1.54) is 35.2 Å². The van der Waals surface area contributed by atoms with Gasteiger partial charge in [-0.2, -0.15) is 0 Å². The number of methoxy groups -OCH3 is 1. The molecule has 0 radical (unpaired) electrons. The lowest BCUT2D eigenvalue weighted by molar-refractivity contribution is 0.102. The summed E-state index contributed by atoms with van der Waals surface area (Å²) in [6.07, 6.45) is 4.41. The van der Waals surface area contributed by atoms with E-state index >= 15 is 0 Å². The van der Waals surface area contributed by atoms with Gasteiger partial charge in [-0.15, -0.1) is 11.3 Å². The molecule has 0 atom stereocenters. The molecule has 0 bridgehead atoms. The van der Waals surface area contributed by atoms with Crippen molar-refractivity contribution < 1.29 is 9.53 Å². The van der Waals surface area contributed by atoms with Gasteiger partial charge in [-0.05, 0) is 13.0 Å². The molecule has 3 rings (SSSR count). The van der Waals surface area contributed by atoms with Crippen LogP contribution in [0.15, 0.2) is 35.5 Å². The summed E-state index contributed by atoms with van der Waals surface area (Å²) in [5, 5.41) is 2.61. The summed E-state index contributed by atoms with van der Waals surface area (Å²) < 4.78 is 6.32. The minimum Gasteiger partial charge on any atom is -0.481 e. The number of aromatic nitrogens is 3. The van der Waals surface area contributed by atoms with Crippen LogP contribution < -0.4 is 15.6 Å². The average Bonchev–Trinajstić information content (AvgIpc) is 2.90. The van der Waals surface area contributed by atoms with Crippen molar-refractivity contribution in [2.75, 3.05) is 12.4 Å². The third-order valence-corrected chi connectivity index (χ3v) is 3.88. The number of pyridine rings is 1. The van der Waals surface area contributed by atoms with Crippen LogP contribution in [0.25, 0.3) is 4.96 Å². The van der Waals surface area contributed by atoms with Crippen LogP contribution in [0, 0.1) is 6.92 Å². The Hall–Kier alpha value is -2.74. The summed E-state index contributed by atoms with van der Waals surface area (Å²) in [5.41, 5.74) is 0.0521. The predicted octanol–water partition coefficient (Wildman–Crippen LogP) is 1.72. The molecule has 3 heterocycles. The molecule has 7 nitrogen and oxygen atoms in total. The smallest absolute Gasteiger partial charge is 0.271 e. The second kappa shape index (κ2) is 5.57. The number of hydrogen-bond donors (Lipinski definition) is 1. The fourth-order valence-electron chi connectivity index (χ4n) is 1.92. The molecule has 0 unspecified atom stereocenters. The number of nitrogens with zero attached hydrogens (tertiary/aromatic N) is 3. The van der Waals surface area contributed by atoms with E-state index in [1.807, 2.05) is 6.92 Å². The normalized spacial score (nSPS) is 10.6. The SMILES string of the molecule is COc1ccc(NC(=O)c2cnc3sc(C)cn3c2=O)cn1. The van der Waals surface area contributed by atoms with E-state index in [0.29, 0.717) is 16.5 Å². The van der Waals surface area contributed by atoms with Crippen molar-refractivity contribution in [3.63, 3.8) is 0 Å². The number of amides is 1. The zero-order valence-corrected chi connectivity index (χ0v) is 12.7. The highest BCUT2D eigenvalue weighted by atomic mass is 32.1. The number of nitrogens with one attached hydrogen (secondary N) is 1. The topological polar surface area (TPSA) is 85.6 Å². The van der Waals surface area contributed by atoms with Crippen LogP contribution in [0.1, 0.15) is 15.2 Å². The number of rotatable bonds is 3. The molecule has 0 spiro atoms. The molecule has 0 aromatic carbocycles. The fourth-order valence-corrected chi connectivity index (χ4v) is 2.71. The van der Waals surface area contributed by atoms with Gasteiger partial charge in [-0.25, -0.2) is 9.97 Å². The maximum atomic E-state index is 12.3. The summed E-state index contributed by atoms with van der Waals surface area (Å²) in [5.74, 6) is -0.0855. The van der Waals surface area contributed by atoms with Gasteiger partial charge >= 0.3 is 0 Å². The van der Waals surface area contributed by atoms with E-state index in [0.717, 1.165) is 4.88 Å². The lowest BCUT2D eigenvalue weighted by Crippen LogP contribution is -2.25. The lowest BCUT2D eigenvalue weighted by atomic mass is 10.3. The molecule has 3 aromatic heterocycles. The number of aryl methyl sites for hydroxylation is 1. The predicted molar refractivity (Wildman–Crippen MR) is 82.8 cm³/mol. The van der Waals surface area contributed by atoms with Crippen molar-refractivity contribution in [2.24, 2.45) is 0 Å². The summed E-state index contributed by atoms with van der Waals surface area (Å²) in [4.78, 5) is 34.2. The Balaban J connectivity index is 1.91. The van der Waals surface area contributed by atoms with Crippen LogP contribution >= 0.6 is 11.3 Å². The molecule has 1 amide bonds. The highest BCUT2D eigenvalue weighted by molar-refractivity contribution is 7.16. The molecule has 22 heavy (non-hydrogen) atoms. The van der Waals surface area contributed by atoms with Crippen molar-refractivity contribution in [2.45, 2.75) is 6.92 Å². The minimum absolute atomic E-state index is 0.0221. The molecule has 112 valence electrons. The van der Waals surface area contributed by atoms with Gasteiger partial charge in [0.05, 0.1) is 19.0 Å². The van der Waals surface area contributed by atoms with E-state index in [4.69, 9.17) is 4.74 Å². The lowest BCUT2D eigenvalue weighted by Gasteiger charge is -2.05. The molecule has 0 aliphatic heterocycles. The zero-order valence-electron chi connectivity index (χ0n) is 11.9. The Labute approximate surface area is 129 Å². The molecule has 0 aliphatic carbocycles. The third-order valence-electron chi connectivity index (χ3n) is 2.97. The van der Waals surface area contributed by atoms with Gasteiger partial charge < -0.3 is 10.1 Å². The summed E-state index contributed by atoms with van der Waals surface area (Å²) >= 11 is 1.39. The second-order valence-electron chi connectivity index (χ2n) is 4.51. The minimum atomic E-state index is -0.525. The van der Waals surface area contributed by atoms with Crippen LogP contribution in [0.4, 0.5) is 5.69 Å². The van der Waals surface area contributed by atoms with Crippen LogP contribution in [0.3, 0.4) is 0 Å². The fraction of sp³-hybridized carbons (Fsp3) is 0.143. The summed E-state index contributed by atoms with van der Waals surface area (Å²) in [6, 6.07) is 3.26. The van der Waals surface area contributed by atoms with Crippen LogP contribution in [0.5, 0.6) is 5.88 Å². The zero-order chi connectivity index (χ0) is 15.7. The summed E-state index contributed by atoms with van der Waals surface area (Å²) in [7, 11) is 1.51. The van der Waals surface area contributed by atoms with Crippen molar-refractivity contribution in [1.82, 2.24) is 14.4 Å². The van der Waals surface area contributed by atoms with E-state index < -0.39 is 11.5 Å². The van der Waals surface area contributed by atoms with Crippen molar-refractivity contribution in [3.05, 3.63) is 51.5 Å². The molecule has 0 saturated heterocycles. The number of carbonyl (C=O) groups excluding carboxylic acids is 1. The molecule has 3 aromatic rings. The van der Waals surface area contributed by atoms with Crippen LogP contribution in [-0.4, -0.2) is 27.4 Å². The van der Waals surface area contributed by atoms with Crippen molar-refractivity contribution in [3.8, 4) is 5.88 Å². The standard InChI is InChI=1S/C14H12N4O3S/c1-8-7-18-13(20)10(6-16-14(18)22-8)12(19)17-9-3-4-11(21-2)15-5-9/h3-7H,1-2H3,(H,17,19). The van der Waals surface area contributed by atoms with Crippen molar-refractivity contribution >= 4 is 27.9 Å². The maximum absolute atomic E-state index is 12.3.